The molecule has 1 aliphatic carbocycles. The van der Waals surface area contributed by atoms with Gasteiger partial charge in [-0.1, -0.05) is 0 Å². The largest absolute Gasteiger partial charge is 0.481 e. The fourth-order valence-corrected chi connectivity index (χ4v) is 2.39. The van der Waals surface area contributed by atoms with Gasteiger partial charge in [0.2, 0.25) is 0 Å². The molecule has 1 unspecified atom stereocenters. The predicted molar refractivity (Wildman–Crippen MR) is 75.7 cm³/mol. The van der Waals surface area contributed by atoms with E-state index in [0.717, 1.165) is 19.3 Å². The highest BCUT2D eigenvalue weighted by atomic mass is 16.5. The molecular formula is C14H26N2O4. The summed E-state index contributed by atoms with van der Waals surface area (Å²) >= 11 is 0. The maximum atomic E-state index is 12.1. The molecule has 2 amide bonds. The number of nitrogens with one attached hydrogen (secondary N) is 1. The lowest BCUT2D eigenvalue weighted by molar-refractivity contribution is -0.138. The van der Waals surface area contributed by atoms with Gasteiger partial charge in [0.15, 0.2) is 0 Å². The molecule has 1 aliphatic rings. The molecule has 1 fully saturated rings. The normalized spacial score (nSPS) is 17.4. The van der Waals surface area contributed by atoms with E-state index < -0.39 is 5.97 Å². The molecule has 0 spiro atoms. The number of nitrogens with zero attached hydrogens (tertiary/aromatic N) is 1. The third kappa shape index (κ3) is 5.00. The molecule has 116 valence electrons. The minimum atomic E-state index is -0.887. The molecule has 0 aromatic rings. The Morgan fingerprint density at radius 1 is 1.45 bits per heavy atom. The van der Waals surface area contributed by atoms with Crippen LogP contribution in [-0.4, -0.2) is 54.9 Å². The highest BCUT2D eigenvalue weighted by molar-refractivity contribution is 5.76. The van der Waals surface area contributed by atoms with E-state index >= 15 is 0 Å². The van der Waals surface area contributed by atoms with Crippen molar-refractivity contribution in [2.24, 2.45) is 5.41 Å². The number of carboxylic acids is 1. The van der Waals surface area contributed by atoms with Gasteiger partial charge in [0.1, 0.15) is 0 Å². The van der Waals surface area contributed by atoms with Crippen LogP contribution in [0.4, 0.5) is 4.79 Å². The number of carbonyl (C=O) groups is 2. The summed E-state index contributed by atoms with van der Waals surface area (Å²) in [6.45, 7) is 5.48. The third-order valence-electron chi connectivity index (χ3n) is 4.01. The maximum absolute atomic E-state index is 12.1. The Kier molecular flexibility index (Phi) is 6.26. The van der Waals surface area contributed by atoms with Crippen molar-refractivity contribution in [3.63, 3.8) is 0 Å². The summed E-state index contributed by atoms with van der Waals surface area (Å²) < 4.78 is 5.09. The van der Waals surface area contributed by atoms with Crippen molar-refractivity contribution in [3.05, 3.63) is 0 Å². The van der Waals surface area contributed by atoms with Gasteiger partial charge in [-0.3, -0.25) is 4.79 Å². The van der Waals surface area contributed by atoms with Crippen molar-refractivity contribution in [1.82, 2.24) is 10.2 Å². The average Bonchev–Trinajstić information content (AvgIpc) is 3.14. The van der Waals surface area contributed by atoms with Gasteiger partial charge in [-0.2, -0.15) is 0 Å². The van der Waals surface area contributed by atoms with E-state index in [2.05, 4.69) is 5.32 Å². The van der Waals surface area contributed by atoms with Gasteiger partial charge in [-0.05, 0) is 38.5 Å². The van der Waals surface area contributed by atoms with Crippen molar-refractivity contribution in [1.29, 1.82) is 0 Å². The maximum Gasteiger partial charge on any atom is 0.317 e. The fraction of sp³-hybridized carbons (Fsp3) is 0.857. The molecule has 6 heteroatoms. The van der Waals surface area contributed by atoms with E-state index in [1.807, 2.05) is 6.92 Å². The third-order valence-corrected chi connectivity index (χ3v) is 4.01. The van der Waals surface area contributed by atoms with Crippen LogP contribution in [0.3, 0.4) is 0 Å². The van der Waals surface area contributed by atoms with E-state index in [9.17, 15) is 9.59 Å². The first-order valence-corrected chi connectivity index (χ1v) is 7.19. The second-order valence-corrected chi connectivity index (χ2v) is 5.63. The summed E-state index contributed by atoms with van der Waals surface area (Å²) in [5, 5.41) is 11.7. The van der Waals surface area contributed by atoms with Crippen molar-refractivity contribution in [2.75, 3.05) is 26.8 Å². The van der Waals surface area contributed by atoms with Crippen molar-refractivity contribution in [2.45, 2.75) is 45.6 Å². The summed E-state index contributed by atoms with van der Waals surface area (Å²) in [6.07, 6.45) is 3.16. The summed E-state index contributed by atoms with van der Waals surface area (Å²) in [5.41, 5.74) is 0.196. The molecule has 0 aliphatic heterocycles. The molecule has 0 heterocycles. The molecule has 1 saturated carbocycles. The highest BCUT2D eigenvalue weighted by Crippen LogP contribution is 2.48. The molecule has 0 aromatic heterocycles. The average molecular weight is 286 g/mol. The number of carboxylic acid groups (broad SMARTS) is 1. The zero-order valence-electron chi connectivity index (χ0n) is 12.6. The number of amides is 2. The number of rotatable bonds is 9. The minimum absolute atomic E-state index is 0.0317. The van der Waals surface area contributed by atoms with Crippen LogP contribution in [0.15, 0.2) is 0 Å². The molecular weight excluding hydrogens is 260 g/mol. The van der Waals surface area contributed by atoms with Gasteiger partial charge < -0.3 is 20.1 Å². The Hall–Kier alpha value is -1.30. The number of carbonyl (C=O) groups excluding carboxylic acids is 1. The smallest absolute Gasteiger partial charge is 0.317 e. The number of hydrogen-bond acceptors (Lipinski definition) is 3. The fourth-order valence-electron chi connectivity index (χ4n) is 2.39. The predicted octanol–water partition coefficient (Wildman–Crippen LogP) is 1.70. The molecule has 1 atom stereocenters. The number of aliphatic carboxylic acids is 1. The second-order valence-electron chi connectivity index (χ2n) is 5.63. The van der Waals surface area contributed by atoms with Crippen LogP contribution < -0.4 is 5.32 Å². The van der Waals surface area contributed by atoms with Crippen LogP contribution in [0.2, 0.25) is 0 Å². The Bertz CT molecular complexity index is 342. The molecule has 0 saturated heterocycles. The van der Waals surface area contributed by atoms with Gasteiger partial charge in [0, 0.05) is 32.8 Å². The molecule has 6 nitrogen and oxygen atoms in total. The van der Waals surface area contributed by atoms with E-state index in [-0.39, 0.29) is 23.9 Å². The van der Waals surface area contributed by atoms with E-state index in [4.69, 9.17) is 9.84 Å². The lowest BCUT2D eigenvalue weighted by atomic mass is 10.0. The quantitative estimate of drug-likeness (QED) is 0.676. The number of urea groups is 1. The van der Waals surface area contributed by atoms with Gasteiger partial charge in [0.25, 0.3) is 0 Å². The van der Waals surface area contributed by atoms with Gasteiger partial charge in [-0.15, -0.1) is 0 Å². The second kappa shape index (κ2) is 7.47. The first kappa shape index (κ1) is 16.8. The zero-order chi connectivity index (χ0) is 15.2. The van der Waals surface area contributed by atoms with Crippen LogP contribution in [0.25, 0.3) is 0 Å². The van der Waals surface area contributed by atoms with Crippen LogP contribution >= 0.6 is 0 Å². The number of hydrogen-bond donors (Lipinski definition) is 2. The van der Waals surface area contributed by atoms with Crippen LogP contribution in [0, 0.1) is 5.41 Å². The van der Waals surface area contributed by atoms with Crippen molar-refractivity contribution in [3.8, 4) is 0 Å². The van der Waals surface area contributed by atoms with Crippen LogP contribution in [0.1, 0.15) is 39.5 Å². The van der Waals surface area contributed by atoms with Crippen LogP contribution in [-0.2, 0) is 9.53 Å². The highest BCUT2D eigenvalue weighted by Gasteiger charge is 2.42. The Balaban J connectivity index is 2.41. The van der Waals surface area contributed by atoms with Gasteiger partial charge in [-0.25, -0.2) is 4.79 Å². The molecule has 0 aromatic carbocycles. The monoisotopic (exact) mass is 286 g/mol. The van der Waals surface area contributed by atoms with E-state index in [0.29, 0.717) is 19.7 Å². The standard InChI is InChI=1S/C14H26N2O4/c1-4-16(11(2)9-12(17)18)13(19)15-10-14(5-6-14)7-8-20-3/h11H,4-10H2,1-3H3,(H,15,19)(H,17,18). The Labute approximate surface area is 120 Å². The first-order valence-electron chi connectivity index (χ1n) is 7.19. The number of methoxy groups -OCH3 is 1. The topological polar surface area (TPSA) is 78.9 Å². The molecule has 1 rings (SSSR count). The number of ether oxygens (including phenoxy) is 1. The first-order chi connectivity index (χ1) is 9.44. The summed E-state index contributed by atoms with van der Waals surface area (Å²) in [6, 6.07) is -0.475. The summed E-state index contributed by atoms with van der Waals surface area (Å²) in [7, 11) is 1.68. The Morgan fingerprint density at radius 3 is 2.55 bits per heavy atom. The molecule has 20 heavy (non-hydrogen) atoms. The lowest BCUT2D eigenvalue weighted by Gasteiger charge is -2.28. The lowest BCUT2D eigenvalue weighted by Crippen LogP contribution is -2.47. The van der Waals surface area contributed by atoms with E-state index in [1.165, 1.54) is 0 Å². The minimum Gasteiger partial charge on any atom is -0.481 e. The molecule has 2 N–H and O–H groups in total. The summed E-state index contributed by atoms with van der Waals surface area (Å²) in [4.78, 5) is 24.4. The molecule has 0 radical (unpaired) electrons. The van der Waals surface area contributed by atoms with Crippen LogP contribution in [0.5, 0.6) is 0 Å². The van der Waals surface area contributed by atoms with Crippen molar-refractivity contribution >= 4 is 12.0 Å². The zero-order valence-corrected chi connectivity index (χ0v) is 12.6. The SMILES string of the molecule is CCN(C(=O)NCC1(CCOC)CC1)C(C)CC(=O)O. The van der Waals surface area contributed by atoms with Crippen molar-refractivity contribution < 1.29 is 19.4 Å². The van der Waals surface area contributed by atoms with Gasteiger partial charge >= 0.3 is 12.0 Å². The Morgan fingerprint density at radius 2 is 2.10 bits per heavy atom. The van der Waals surface area contributed by atoms with Gasteiger partial charge in [0.05, 0.1) is 6.42 Å². The molecule has 0 bridgehead atoms. The summed E-state index contributed by atoms with van der Waals surface area (Å²) in [5.74, 6) is -0.887. The van der Waals surface area contributed by atoms with E-state index in [1.54, 1.807) is 18.9 Å².